The number of benzene rings is 1. The summed E-state index contributed by atoms with van der Waals surface area (Å²) in [5.41, 5.74) is 2.00. The Labute approximate surface area is 95.5 Å². The summed E-state index contributed by atoms with van der Waals surface area (Å²) in [7, 11) is 2.89. The average Bonchev–Trinajstić information content (AvgIpc) is 2.05. The van der Waals surface area contributed by atoms with Gasteiger partial charge in [-0.1, -0.05) is 44.2 Å². The second-order valence-corrected chi connectivity index (χ2v) is 3.90. The molecule has 0 aliphatic rings. The standard InChI is InChI=1S/C10H15P.2ClH/c1-8(2)10(11)9-6-4-3-5-7-9;;/h3-8,10H,11H2,1-2H3;2*1H. The lowest BCUT2D eigenvalue weighted by Gasteiger charge is -2.14. The molecule has 0 aliphatic heterocycles. The minimum Gasteiger partial charge on any atom is -0.147 e. The van der Waals surface area contributed by atoms with Gasteiger partial charge in [-0.3, -0.25) is 0 Å². The van der Waals surface area contributed by atoms with Gasteiger partial charge in [-0.05, 0) is 11.5 Å². The summed E-state index contributed by atoms with van der Waals surface area (Å²) < 4.78 is 0. The van der Waals surface area contributed by atoms with E-state index < -0.39 is 0 Å². The quantitative estimate of drug-likeness (QED) is 0.681. The van der Waals surface area contributed by atoms with E-state index in [4.69, 9.17) is 0 Å². The van der Waals surface area contributed by atoms with E-state index in [0.717, 1.165) is 0 Å². The first-order chi connectivity index (χ1) is 5.22. The van der Waals surface area contributed by atoms with E-state index in [2.05, 4.69) is 53.4 Å². The lowest BCUT2D eigenvalue weighted by atomic mass is 10.0. The van der Waals surface area contributed by atoms with Gasteiger partial charge in [-0.15, -0.1) is 34.1 Å². The van der Waals surface area contributed by atoms with Crippen molar-refractivity contribution in [3.05, 3.63) is 35.9 Å². The minimum absolute atomic E-state index is 0. The lowest BCUT2D eigenvalue weighted by molar-refractivity contribution is 0.632. The molecule has 0 aromatic heterocycles. The van der Waals surface area contributed by atoms with Crippen LogP contribution in [0.5, 0.6) is 0 Å². The van der Waals surface area contributed by atoms with E-state index in [1.165, 1.54) is 5.56 Å². The Hall–Kier alpha value is 0.230. The topological polar surface area (TPSA) is 0 Å². The molecule has 0 spiro atoms. The van der Waals surface area contributed by atoms with Gasteiger partial charge in [-0.2, -0.15) is 0 Å². The van der Waals surface area contributed by atoms with Crippen LogP contribution in [0.2, 0.25) is 0 Å². The molecule has 3 heteroatoms. The molecule has 1 aromatic carbocycles. The molecule has 2 atom stereocenters. The fraction of sp³-hybridized carbons (Fsp3) is 0.400. The maximum Gasteiger partial charge on any atom is 0.000833 e. The molecule has 0 aliphatic carbocycles. The van der Waals surface area contributed by atoms with Crippen molar-refractivity contribution in [2.24, 2.45) is 5.92 Å². The average molecular weight is 239 g/mol. The Morgan fingerprint density at radius 1 is 1.00 bits per heavy atom. The van der Waals surface area contributed by atoms with Crippen LogP contribution in [-0.2, 0) is 0 Å². The summed E-state index contributed by atoms with van der Waals surface area (Å²) in [6, 6.07) is 10.6. The van der Waals surface area contributed by atoms with Crippen LogP contribution in [0.4, 0.5) is 0 Å². The molecule has 0 bridgehead atoms. The second-order valence-electron chi connectivity index (χ2n) is 3.18. The van der Waals surface area contributed by atoms with Gasteiger partial charge < -0.3 is 0 Å². The van der Waals surface area contributed by atoms with Gasteiger partial charge in [0.25, 0.3) is 0 Å². The highest BCUT2D eigenvalue weighted by Gasteiger charge is 2.07. The van der Waals surface area contributed by atoms with Gasteiger partial charge >= 0.3 is 0 Å². The second kappa shape index (κ2) is 7.62. The van der Waals surface area contributed by atoms with E-state index in [1.807, 2.05) is 0 Å². The maximum atomic E-state index is 2.89. The Balaban J connectivity index is 0. The third-order valence-electron chi connectivity index (χ3n) is 1.90. The summed E-state index contributed by atoms with van der Waals surface area (Å²) in [5, 5.41) is 0. The Kier molecular flexibility index (Phi) is 9.19. The van der Waals surface area contributed by atoms with Gasteiger partial charge in [0.2, 0.25) is 0 Å². The molecule has 0 N–H and O–H groups in total. The lowest BCUT2D eigenvalue weighted by Crippen LogP contribution is -1.97. The normalized spacial score (nSPS) is 11.4. The Morgan fingerprint density at radius 2 is 1.46 bits per heavy atom. The van der Waals surface area contributed by atoms with Gasteiger partial charge in [0, 0.05) is 5.66 Å². The fourth-order valence-corrected chi connectivity index (χ4v) is 1.28. The van der Waals surface area contributed by atoms with Gasteiger partial charge in [0.15, 0.2) is 0 Å². The van der Waals surface area contributed by atoms with Crippen molar-refractivity contribution in [1.29, 1.82) is 0 Å². The summed E-state index contributed by atoms with van der Waals surface area (Å²) in [4.78, 5) is 0. The molecule has 0 heterocycles. The van der Waals surface area contributed by atoms with Crippen molar-refractivity contribution in [2.45, 2.75) is 19.5 Å². The van der Waals surface area contributed by atoms with Crippen molar-refractivity contribution in [3.8, 4) is 0 Å². The third kappa shape index (κ3) is 4.86. The van der Waals surface area contributed by atoms with E-state index in [9.17, 15) is 0 Å². The molecule has 0 radical (unpaired) electrons. The van der Waals surface area contributed by atoms with Gasteiger partial charge in [0.05, 0.1) is 0 Å². The van der Waals surface area contributed by atoms with Crippen molar-refractivity contribution in [1.82, 2.24) is 0 Å². The van der Waals surface area contributed by atoms with Gasteiger partial charge in [-0.25, -0.2) is 0 Å². The molecule has 0 nitrogen and oxygen atoms in total. The third-order valence-corrected chi connectivity index (χ3v) is 3.06. The van der Waals surface area contributed by atoms with Crippen molar-refractivity contribution < 1.29 is 0 Å². The van der Waals surface area contributed by atoms with Crippen LogP contribution >= 0.6 is 34.1 Å². The minimum atomic E-state index is 0. The molecular weight excluding hydrogens is 222 g/mol. The highest BCUT2D eigenvalue weighted by atomic mass is 35.5. The maximum absolute atomic E-state index is 2.89. The molecule has 0 amide bonds. The zero-order valence-corrected chi connectivity index (χ0v) is 10.7. The number of halogens is 2. The Bertz CT molecular complexity index is 211. The number of rotatable bonds is 2. The number of hydrogen-bond acceptors (Lipinski definition) is 0. The van der Waals surface area contributed by atoms with E-state index in [0.29, 0.717) is 11.6 Å². The first-order valence-electron chi connectivity index (χ1n) is 4.02. The van der Waals surface area contributed by atoms with Crippen LogP contribution in [-0.4, -0.2) is 0 Å². The molecular formula is C10H17Cl2P. The van der Waals surface area contributed by atoms with Gasteiger partial charge in [0.1, 0.15) is 0 Å². The van der Waals surface area contributed by atoms with E-state index in [-0.39, 0.29) is 24.8 Å². The molecule has 2 unspecified atom stereocenters. The highest BCUT2D eigenvalue weighted by Crippen LogP contribution is 2.29. The van der Waals surface area contributed by atoms with Crippen LogP contribution < -0.4 is 0 Å². The monoisotopic (exact) mass is 238 g/mol. The van der Waals surface area contributed by atoms with Crippen LogP contribution in [0.3, 0.4) is 0 Å². The van der Waals surface area contributed by atoms with Crippen LogP contribution in [0.15, 0.2) is 30.3 Å². The molecule has 1 aromatic rings. The number of hydrogen-bond donors (Lipinski definition) is 0. The molecule has 0 saturated carbocycles. The molecule has 13 heavy (non-hydrogen) atoms. The zero-order valence-electron chi connectivity index (χ0n) is 7.94. The summed E-state index contributed by atoms with van der Waals surface area (Å²) in [6.45, 7) is 4.48. The zero-order chi connectivity index (χ0) is 8.27. The summed E-state index contributed by atoms with van der Waals surface area (Å²) in [6.07, 6.45) is 0. The summed E-state index contributed by atoms with van der Waals surface area (Å²) in [5.74, 6) is 0.697. The fourth-order valence-electron chi connectivity index (χ4n) is 1.06. The summed E-state index contributed by atoms with van der Waals surface area (Å²) >= 11 is 0. The predicted molar refractivity (Wildman–Crippen MR) is 68.2 cm³/mol. The molecule has 1 rings (SSSR count). The molecule has 76 valence electrons. The highest BCUT2D eigenvalue weighted by molar-refractivity contribution is 7.17. The first kappa shape index (κ1) is 15.7. The SMILES string of the molecule is CC(C)C(P)c1ccccc1.Cl.Cl. The van der Waals surface area contributed by atoms with E-state index in [1.54, 1.807) is 0 Å². The Morgan fingerprint density at radius 3 is 1.85 bits per heavy atom. The van der Waals surface area contributed by atoms with Crippen LogP contribution in [0, 0.1) is 5.92 Å². The predicted octanol–water partition coefficient (Wildman–Crippen LogP) is 4.10. The van der Waals surface area contributed by atoms with Crippen molar-refractivity contribution in [3.63, 3.8) is 0 Å². The molecule has 0 fully saturated rings. The largest absolute Gasteiger partial charge is 0.147 e. The van der Waals surface area contributed by atoms with Crippen molar-refractivity contribution >= 4 is 34.1 Å². The molecule has 0 saturated heterocycles. The smallest absolute Gasteiger partial charge is 0.000833 e. The van der Waals surface area contributed by atoms with Crippen LogP contribution in [0.1, 0.15) is 25.1 Å². The van der Waals surface area contributed by atoms with Crippen molar-refractivity contribution in [2.75, 3.05) is 0 Å². The van der Waals surface area contributed by atoms with E-state index >= 15 is 0 Å². The first-order valence-corrected chi connectivity index (χ1v) is 4.69. The van der Waals surface area contributed by atoms with Crippen LogP contribution in [0.25, 0.3) is 0 Å².